The number of rotatable bonds is 2. The first-order valence-corrected chi connectivity index (χ1v) is 5.30. The molecule has 0 aromatic rings. The van der Waals surface area contributed by atoms with Gasteiger partial charge in [0.15, 0.2) is 0 Å². The van der Waals surface area contributed by atoms with Gasteiger partial charge in [0.1, 0.15) is 0 Å². The lowest BCUT2D eigenvalue weighted by Crippen LogP contribution is -2.54. The van der Waals surface area contributed by atoms with Crippen LogP contribution in [0, 0.1) is 11.1 Å². The van der Waals surface area contributed by atoms with Crippen molar-refractivity contribution in [2.45, 2.75) is 51.2 Å². The maximum atomic E-state index is 11.1. The van der Waals surface area contributed by atoms with Crippen molar-refractivity contribution in [2.75, 3.05) is 0 Å². The van der Waals surface area contributed by atoms with Crippen molar-refractivity contribution < 1.29 is 15.5 Å². The van der Waals surface area contributed by atoms with E-state index < -0.39 is 17.1 Å². The van der Waals surface area contributed by atoms with E-state index in [9.17, 15) is 10.3 Å². The summed E-state index contributed by atoms with van der Waals surface area (Å²) in [6.07, 6.45) is 1.03. The molecular weight excluding hydrogens is 212 g/mol. The van der Waals surface area contributed by atoms with E-state index in [-0.39, 0.29) is 11.6 Å². The predicted octanol–water partition coefficient (Wildman–Crippen LogP) is 1.34. The number of nitrogens with zero attached hydrogens (tertiary/aromatic N) is 2. The lowest BCUT2D eigenvalue weighted by molar-refractivity contribution is -0.162. The molecule has 0 bridgehead atoms. The molecule has 1 fully saturated rings. The fourth-order valence-corrected chi connectivity index (χ4v) is 2.30. The topological polar surface area (TPSA) is 99.4 Å². The smallest absolute Gasteiger partial charge is 0.0702 e. The van der Waals surface area contributed by atoms with Crippen LogP contribution in [0.2, 0.25) is 0 Å². The quantitative estimate of drug-likeness (QED) is 0.378. The summed E-state index contributed by atoms with van der Waals surface area (Å²) in [7, 11) is 0. The van der Waals surface area contributed by atoms with Crippen LogP contribution in [0.1, 0.15) is 40.0 Å². The molecule has 94 valence electrons. The van der Waals surface area contributed by atoms with E-state index in [4.69, 9.17) is 10.4 Å². The maximum absolute atomic E-state index is 11.1. The molecule has 3 N–H and O–H groups in total. The Kier molecular flexibility index (Phi) is 3.59. The largest absolute Gasteiger partial charge is 0.762 e. The van der Waals surface area contributed by atoms with Gasteiger partial charge in [0.25, 0.3) is 0 Å². The minimum atomic E-state index is -1.01. The number of aliphatic hydroxyl groups is 1. The maximum Gasteiger partial charge on any atom is 0.0702 e. The van der Waals surface area contributed by atoms with Crippen molar-refractivity contribution >= 4 is 5.71 Å². The summed E-state index contributed by atoms with van der Waals surface area (Å²) >= 11 is 0. The van der Waals surface area contributed by atoms with Crippen LogP contribution in [0.3, 0.4) is 0 Å². The first kappa shape index (κ1) is 13.4. The molecule has 16 heavy (non-hydrogen) atoms. The Morgan fingerprint density at radius 3 is 2.44 bits per heavy atom. The predicted molar refractivity (Wildman–Crippen MR) is 58.3 cm³/mol. The fraction of sp³-hybridized carbons (Fsp3) is 0.900. The van der Waals surface area contributed by atoms with E-state index in [1.54, 1.807) is 20.8 Å². The van der Waals surface area contributed by atoms with Crippen molar-refractivity contribution in [3.8, 4) is 0 Å². The van der Waals surface area contributed by atoms with Gasteiger partial charge in [-0.25, -0.2) is 0 Å². The van der Waals surface area contributed by atoms with Gasteiger partial charge in [-0.05, 0) is 40.0 Å². The molecule has 6 nitrogen and oxygen atoms in total. The molecule has 0 heterocycles. The van der Waals surface area contributed by atoms with E-state index in [1.807, 2.05) is 0 Å². The summed E-state index contributed by atoms with van der Waals surface area (Å²) in [6, 6.07) is 0. The Balaban J connectivity index is 2.95. The molecule has 1 aliphatic carbocycles. The van der Waals surface area contributed by atoms with Gasteiger partial charge < -0.3 is 20.7 Å². The molecule has 1 rings (SSSR count). The van der Waals surface area contributed by atoms with Crippen molar-refractivity contribution in [1.29, 1.82) is 0 Å². The summed E-state index contributed by atoms with van der Waals surface area (Å²) < 4.78 is 0. The monoisotopic (exact) mass is 231 g/mol. The fourth-order valence-electron chi connectivity index (χ4n) is 2.30. The van der Waals surface area contributed by atoms with E-state index in [0.29, 0.717) is 18.6 Å². The molecule has 0 aromatic carbocycles. The van der Waals surface area contributed by atoms with Gasteiger partial charge in [0, 0.05) is 11.5 Å². The highest BCUT2D eigenvalue weighted by Crippen LogP contribution is 2.42. The second kappa shape index (κ2) is 4.29. The molecule has 1 saturated carbocycles. The first-order chi connectivity index (χ1) is 7.23. The number of hydroxylamine groups is 2. The molecule has 0 saturated heterocycles. The zero-order valence-electron chi connectivity index (χ0n) is 9.84. The molecule has 1 aliphatic rings. The van der Waals surface area contributed by atoms with Gasteiger partial charge >= 0.3 is 0 Å². The molecule has 6 heteroatoms. The summed E-state index contributed by atoms with van der Waals surface area (Å²) in [6.45, 7) is 4.88. The Bertz CT molecular complexity index is 291. The molecular formula is C10H19N2O4-. The lowest BCUT2D eigenvalue weighted by Gasteiger charge is -2.51. The minimum absolute atomic E-state index is 0.0557. The average molecular weight is 231 g/mol. The SMILES string of the molecule is CC(=NO)C1CC(C)(N([O-])O)CCC1(C)O. The summed E-state index contributed by atoms with van der Waals surface area (Å²) in [4.78, 5) is 0. The third kappa shape index (κ3) is 2.35. The van der Waals surface area contributed by atoms with Crippen LogP contribution >= 0.6 is 0 Å². The molecule has 3 atom stereocenters. The molecule has 0 radical (unpaired) electrons. The Morgan fingerprint density at radius 2 is 2.00 bits per heavy atom. The zero-order chi connectivity index (χ0) is 12.6. The number of oxime groups is 1. The van der Waals surface area contributed by atoms with Crippen molar-refractivity contribution in [3.05, 3.63) is 5.21 Å². The second-order valence-electron chi connectivity index (χ2n) is 5.13. The van der Waals surface area contributed by atoms with E-state index in [1.165, 1.54) is 0 Å². The lowest BCUT2D eigenvalue weighted by atomic mass is 9.67. The van der Waals surface area contributed by atoms with Crippen LogP contribution in [-0.4, -0.2) is 37.6 Å². The van der Waals surface area contributed by atoms with Gasteiger partial charge in [-0.1, -0.05) is 5.16 Å². The summed E-state index contributed by atoms with van der Waals surface area (Å²) in [5.74, 6) is -0.431. The Hall–Kier alpha value is -0.690. The Labute approximate surface area is 94.7 Å². The van der Waals surface area contributed by atoms with Crippen LogP contribution < -0.4 is 0 Å². The van der Waals surface area contributed by atoms with Crippen molar-refractivity contribution in [3.63, 3.8) is 0 Å². The van der Waals surface area contributed by atoms with E-state index in [2.05, 4.69) is 5.16 Å². The Morgan fingerprint density at radius 1 is 1.44 bits per heavy atom. The first-order valence-electron chi connectivity index (χ1n) is 5.30. The summed E-state index contributed by atoms with van der Waals surface area (Å²) in [5.41, 5.74) is -1.57. The third-order valence-corrected chi connectivity index (χ3v) is 3.69. The normalized spacial score (nSPS) is 41.4. The highest BCUT2D eigenvalue weighted by molar-refractivity contribution is 5.85. The van der Waals surface area contributed by atoms with Crippen LogP contribution in [0.15, 0.2) is 5.16 Å². The average Bonchev–Trinajstić information content (AvgIpc) is 2.20. The number of hydrogen-bond acceptors (Lipinski definition) is 6. The molecule has 0 aliphatic heterocycles. The standard InChI is InChI=1S/C10H19N2O4/c1-7(11-14)8-6-9(2,12(15)16)4-5-10(8,3)13/h8,13-15H,4-6H2,1-3H3/q-1. The van der Waals surface area contributed by atoms with Gasteiger partial charge in [-0.2, -0.15) is 0 Å². The van der Waals surface area contributed by atoms with Crippen molar-refractivity contribution in [1.82, 2.24) is 5.23 Å². The van der Waals surface area contributed by atoms with Gasteiger partial charge in [0.2, 0.25) is 0 Å². The molecule has 0 aromatic heterocycles. The van der Waals surface area contributed by atoms with Crippen LogP contribution in [-0.2, 0) is 0 Å². The second-order valence-corrected chi connectivity index (χ2v) is 5.13. The van der Waals surface area contributed by atoms with Gasteiger partial charge in [-0.15, -0.1) is 0 Å². The third-order valence-electron chi connectivity index (χ3n) is 3.69. The molecule has 0 spiro atoms. The molecule has 3 unspecified atom stereocenters. The van der Waals surface area contributed by atoms with E-state index in [0.717, 1.165) is 0 Å². The van der Waals surface area contributed by atoms with Gasteiger partial charge in [0.05, 0.1) is 11.3 Å². The zero-order valence-corrected chi connectivity index (χ0v) is 9.84. The van der Waals surface area contributed by atoms with Gasteiger partial charge in [-0.3, -0.25) is 5.23 Å². The van der Waals surface area contributed by atoms with E-state index >= 15 is 0 Å². The molecule has 0 amide bonds. The van der Waals surface area contributed by atoms with Crippen LogP contribution in [0.5, 0.6) is 0 Å². The number of hydrogen-bond donors (Lipinski definition) is 3. The minimum Gasteiger partial charge on any atom is -0.762 e. The van der Waals surface area contributed by atoms with Crippen LogP contribution in [0.25, 0.3) is 0 Å². The van der Waals surface area contributed by atoms with Crippen molar-refractivity contribution in [2.24, 2.45) is 11.1 Å². The highest BCUT2D eigenvalue weighted by atomic mass is 16.8. The van der Waals surface area contributed by atoms with Crippen LogP contribution in [0.4, 0.5) is 0 Å². The highest BCUT2D eigenvalue weighted by Gasteiger charge is 2.45. The summed E-state index contributed by atoms with van der Waals surface area (Å²) in [5, 5.41) is 42.1.